The van der Waals surface area contributed by atoms with Gasteiger partial charge in [0.05, 0.1) is 35.7 Å². The molecule has 1 unspecified atom stereocenters. The number of amides is 1. The number of esters is 1. The van der Waals surface area contributed by atoms with Gasteiger partial charge in [-0.05, 0) is 78.1 Å². The fraction of sp³-hybridized carbons (Fsp3) is 0.515. The lowest BCUT2D eigenvalue weighted by Gasteiger charge is -2.45. The van der Waals surface area contributed by atoms with Crippen LogP contribution in [0.1, 0.15) is 70.5 Å². The Morgan fingerprint density at radius 2 is 1.80 bits per heavy atom. The highest BCUT2D eigenvalue weighted by Crippen LogP contribution is 2.38. The molecule has 2 saturated heterocycles. The number of piperazine rings is 1. The molecule has 4 aromatic rings. The van der Waals surface area contributed by atoms with Crippen molar-refractivity contribution in [3.05, 3.63) is 41.8 Å². The number of benzene rings is 2. The van der Waals surface area contributed by atoms with E-state index in [0.717, 1.165) is 24.9 Å². The van der Waals surface area contributed by atoms with Crippen LogP contribution in [0.15, 0.2) is 30.5 Å². The van der Waals surface area contributed by atoms with Gasteiger partial charge in [-0.3, -0.25) is 9.58 Å². The lowest BCUT2D eigenvalue weighted by molar-refractivity contribution is -0.0365. The average Bonchev–Trinajstić information content (AvgIpc) is 3.55. The Labute approximate surface area is 267 Å². The molecule has 246 valence electrons. The quantitative estimate of drug-likeness (QED) is 0.259. The maximum Gasteiger partial charge on any atom is 0.410 e. The molecule has 0 aliphatic carbocycles. The number of halogens is 1. The van der Waals surface area contributed by atoms with Gasteiger partial charge in [-0.15, -0.1) is 0 Å². The topological polar surface area (TPSA) is 116 Å². The van der Waals surface area contributed by atoms with Crippen LogP contribution >= 0.6 is 0 Å². The number of carbonyl (C=O) groups is 2. The van der Waals surface area contributed by atoms with Crippen molar-refractivity contribution in [2.75, 3.05) is 37.0 Å². The number of hydrogen-bond donors (Lipinski definition) is 1. The first-order valence-corrected chi connectivity index (χ1v) is 15.8. The van der Waals surface area contributed by atoms with E-state index in [0.29, 0.717) is 53.1 Å². The highest BCUT2D eigenvalue weighted by atomic mass is 19.1. The number of aromatic nitrogens is 4. The van der Waals surface area contributed by atoms with Crippen LogP contribution in [0.25, 0.3) is 21.8 Å². The van der Waals surface area contributed by atoms with Crippen molar-refractivity contribution in [2.24, 2.45) is 7.05 Å². The van der Waals surface area contributed by atoms with Crippen molar-refractivity contribution in [2.45, 2.75) is 77.8 Å². The molecule has 13 heteroatoms. The second-order valence-electron chi connectivity index (χ2n) is 13.3. The fourth-order valence-corrected chi connectivity index (χ4v) is 6.56. The summed E-state index contributed by atoms with van der Waals surface area (Å²) < 4.78 is 35.5. The highest BCUT2D eigenvalue weighted by molar-refractivity contribution is 6.10. The number of fused-ring (bicyclic) bond motifs is 2. The highest BCUT2D eigenvalue weighted by Gasteiger charge is 2.36. The van der Waals surface area contributed by atoms with Gasteiger partial charge >= 0.3 is 12.1 Å². The zero-order valence-corrected chi connectivity index (χ0v) is 27.5. The number of rotatable bonds is 5. The van der Waals surface area contributed by atoms with E-state index in [1.165, 1.54) is 13.2 Å². The molecule has 2 aliphatic rings. The van der Waals surface area contributed by atoms with E-state index in [2.05, 4.69) is 15.3 Å². The van der Waals surface area contributed by atoms with Crippen LogP contribution in [0.2, 0.25) is 0 Å². The van der Waals surface area contributed by atoms with E-state index in [1.807, 2.05) is 45.4 Å². The summed E-state index contributed by atoms with van der Waals surface area (Å²) in [6.07, 6.45) is 3.75. The largest absolute Gasteiger partial charge is 0.465 e. The summed E-state index contributed by atoms with van der Waals surface area (Å²) in [7, 11) is 3.09. The molecule has 2 aliphatic heterocycles. The molecule has 46 heavy (non-hydrogen) atoms. The van der Waals surface area contributed by atoms with Gasteiger partial charge in [0.2, 0.25) is 0 Å². The van der Waals surface area contributed by atoms with Gasteiger partial charge in [0.15, 0.2) is 17.9 Å². The lowest BCUT2D eigenvalue weighted by Crippen LogP contribution is -2.59. The third kappa shape index (κ3) is 6.07. The number of aryl methyl sites for hydroxylation is 1. The SMILES string of the molecule is COC(=O)c1cc(N2C[C@H](C)N(C(=O)OC(C)(C)C)[C@@H](C)C2)cc2c1c(Nc1cc(F)c3nn(C)cc3c1)nn2C1CCCCO1. The van der Waals surface area contributed by atoms with Gasteiger partial charge in [-0.25, -0.2) is 18.7 Å². The van der Waals surface area contributed by atoms with Crippen LogP contribution in [-0.2, 0) is 21.3 Å². The standard InChI is InChI=1S/C33H42FN7O5/c1-19-16-39(17-20(2)40(19)32(43)46-33(3,4)5)23-14-24(31(42)44-7)28-26(15-23)41(27-10-8-9-11-45-27)37-30(28)35-22-12-21-18-38(6)36-29(21)25(34)13-22/h12-15,18-20,27H,8-11,16-17H2,1-7H3,(H,35,37)/t19-,20-,27?/m0/s1. The number of anilines is 3. The van der Waals surface area contributed by atoms with Crippen LogP contribution in [0.3, 0.4) is 0 Å². The van der Waals surface area contributed by atoms with E-state index in [4.69, 9.17) is 19.3 Å². The Balaban J connectivity index is 1.43. The Hall–Kier alpha value is -4.39. The molecule has 12 nitrogen and oxygen atoms in total. The van der Waals surface area contributed by atoms with E-state index < -0.39 is 17.4 Å². The van der Waals surface area contributed by atoms with Crippen molar-refractivity contribution in [1.29, 1.82) is 0 Å². The van der Waals surface area contributed by atoms with E-state index in [1.54, 1.807) is 35.0 Å². The van der Waals surface area contributed by atoms with Crippen molar-refractivity contribution >= 4 is 51.1 Å². The molecule has 4 heterocycles. The minimum atomic E-state index is -0.602. The van der Waals surface area contributed by atoms with Gasteiger partial charge in [0.25, 0.3) is 0 Å². The summed E-state index contributed by atoms with van der Waals surface area (Å²) in [4.78, 5) is 30.4. The van der Waals surface area contributed by atoms with Gasteiger partial charge in [-0.1, -0.05) is 0 Å². The minimum absolute atomic E-state index is 0.156. The molecule has 2 aromatic heterocycles. The number of carbonyl (C=O) groups excluding carboxylic acids is 2. The van der Waals surface area contributed by atoms with Crippen molar-refractivity contribution in [3.63, 3.8) is 0 Å². The van der Waals surface area contributed by atoms with Crippen LogP contribution in [0, 0.1) is 5.82 Å². The molecule has 2 fully saturated rings. The van der Waals surface area contributed by atoms with E-state index in [-0.39, 0.29) is 29.9 Å². The summed E-state index contributed by atoms with van der Waals surface area (Å²) >= 11 is 0. The van der Waals surface area contributed by atoms with Gasteiger partial charge < -0.3 is 24.4 Å². The summed E-state index contributed by atoms with van der Waals surface area (Å²) in [5.74, 6) is -0.610. The van der Waals surface area contributed by atoms with E-state index in [9.17, 15) is 9.59 Å². The smallest absolute Gasteiger partial charge is 0.410 e. The molecular formula is C33H42FN7O5. The average molecular weight is 636 g/mol. The maximum atomic E-state index is 15.0. The molecule has 3 atom stereocenters. The lowest BCUT2D eigenvalue weighted by atomic mass is 10.0. The van der Waals surface area contributed by atoms with Crippen LogP contribution < -0.4 is 10.2 Å². The van der Waals surface area contributed by atoms with E-state index >= 15 is 4.39 Å². The minimum Gasteiger partial charge on any atom is -0.465 e. The second-order valence-corrected chi connectivity index (χ2v) is 13.3. The first kappa shape index (κ1) is 31.6. The van der Waals surface area contributed by atoms with Crippen molar-refractivity contribution in [3.8, 4) is 0 Å². The molecule has 1 N–H and O–H groups in total. The predicted molar refractivity (Wildman–Crippen MR) is 173 cm³/mol. The molecule has 0 bridgehead atoms. The number of hydrogen-bond acceptors (Lipinski definition) is 9. The molecule has 0 radical (unpaired) electrons. The van der Waals surface area contributed by atoms with Gasteiger partial charge in [0, 0.05) is 49.7 Å². The van der Waals surface area contributed by atoms with Gasteiger partial charge in [0.1, 0.15) is 11.1 Å². The van der Waals surface area contributed by atoms with Crippen LogP contribution in [-0.4, -0.2) is 81.0 Å². The number of methoxy groups -OCH3 is 1. The molecular weight excluding hydrogens is 593 g/mol. The Morgan fingerprint density at radius 1 is 1.07 bits per heavy atom. The zero-order chi connectivity index (χ0) is 32.9. The maximum absolute atomic E-state index is 15.0. The molecule has 1 amide bonds. The first-order chi connectivity index (χ1) is 21.8. The second kappa shape index (κ2) is 12.1. The zero-order valence-electron chi connectivity index (χ0n) is 27.5. The summed E-state index contributed by atoms with van der Waals surface area (Å²) in [5, 5.41) is 13.6. The first-order valence-electron chi connectivity index (χ1n) is 15.8. The number of ether oxygens (including phenoxy) is 3. The normalized spacial score (nSPS) is 20.7. The molecule has 0 saturated carbocycles. The summed E-state index contributed by atoms with van der Waals surface area (Å²) in [5.41, 5.74) is 1.93. The van der Waals surface area contributed by atoms with Crippen molar-refractivity contribution < 1.29 is 28.2 Å². The predicted octanol–water partition coefficient (Wildman–Crippen LogP) is 6.13. The third-order valence-corrected chi connectivity index (χ3v) is 8.46. The number of nitrogens with zero attached hydrogens (tertiary/aromatic N) is 6. The summed E-state index contributed by atoms with van der Waals surface area (Å²) in [6.45, 7) is 11.2. The van der Waals surface area contributed by atoms with Gasteiger partial charge in [-0.2, -0.15) is 10.2 Å². The monoisotopic (exact) mass is 635 g/mol. The van der Waals surface area contributed by atoms with Crippen LogP contribution in [0.4, 0.5) is 26.4 Å². The molecule has 0 spiro atoms. The Kier molecular flexibility index (Phi) is 8.30. The van der Waals surface area contributed by atoms with Crippen molar-refractivity contribution in [1.82, 2.24) is 24.5 Å². The molecule has 6 rings (SSSR count). The van der Waals surface area contributed by atoms with Crippen LogP contribution in [0.5, 0.6) is 0 Å². The third-order valence-electron chi connectivity index (χ3n) is 8.46. The Morgan fingerprint density at radius 3 is 2.46 bits per heavy atom. The Bertz CT molecular complexity index is 1780. The molecule has 2 aromatic carbocycles. The summed E-state index contributed by atoms with van der Waals surface area (Å²) in [6, 6.07) is 6.67. The number of nitrogens with one attached hydrogen (secondary N) is 1. The fourth-order valence-electron chi connectivity index (χ4n) is 6.56.